The summed E-state index contributed by atoms with van der Waals surface area (Å²) in [7, 11) is -3.21. The minimum Gasteiger partial charge on any atom is -0.288 e. The molecule has 2 heterocycles. The smallest absolute Gasteiger partial charge is 0.288 e. The molecule has 0 radical (unpaired) electrons. The van der Waals surface area contributed by atoms with Gasteiger partial charge >= 0.3 is 6.03 Å². The molecule has 0 saturated carbocycles. The van der Waals surface area contributed by atoms with Crippen LogP contribution in [0.25, 0.3) is 0 Å². The number of halogens is 1. The molecule has 136 valence electrons. The Bertz CT molecular complexity index is 1010. The number of fused-ring (bicyclic) bond motifs is 1. The van der Waals surface area contributed by atoms with Crippen LogP contribution in [0.2, 0.25) is 5.02 Å². The van der Waals surface area contributed by atoms with Gasteiger partial charge in [-0.25, -0.2) is 13.2 Å². The Kier molecular flexibility index (Phi) is 4.00. The van der Waals surface area contributed by atoms with Gasteiger partial charge in [-0.3, -0.25) is 9.80 Å². The summed E-state index contributed by atoms with van der Waals surface area (Å²) in [5.74, 6) is -0.0505. The fraction of sp³-hybridized carbons (Fsp3) is 0.316. The zero-order valence-electron chi connectivity index (χ0n) is 14.5. The van der Waals surface area contributed by atoms with Gasteiger partial charge in [0.25, 0.3) is 0 Å². The first-order valence-corrected chi connectivity index (χ1v) is 10.6. The lowest BCUT2D eigenvalue weighted by Gasteiger charge is -2.24. The van der Waals surface area contributed by atoms with E-state index in [1.807, 2.05) is 50.2 Å². The molecule has 0 N–H and O–H groups in total. The van der Waals surface area contributed by atoms with E-state index in [2.05, 4.69) is 0 Å². The van der Waals surface area contributed by atoms with E-state index < -0.39 is 21.9 Å². The van der Waals surface area contributed by atoms with Crippen LogP contribution in [-0.2, 0) is 9.84 Å². The van der Waals surface area contributed by atoms with Crippen molar-refractivity contribution >= 4 is 38.8 Å². The first-order valence-electron chi connectivity index (χ1n) is 8.43. The molecule has 2 atom stereocenters. The van der Waals surface area contributed by atoms with Crippen molar-refractivity contribution in [2.45, 2.75) is 25.9 Å². The molecule has 7 heteroatoms. The highest BCUT2D eigenvalue weighted by Gasteiger charge is 2.54. The SMILES string of the molecule is Cc1ccc(N2C(=O)N(c3ccccc3C)[C@H]3CS(=O)(=O)C[C@H]32)cc1Cl. The van der Waals surface area contributed by atoms with Crippen LogP contribution < -0.4 is 9.80 Å². The van der Waals surface area contributed by atoms with Gasteiger partial charge in [-0.15, -0.1) is 0 Å². The topological polar surface area (TPSA) is 57.7 Å². The minimum atomic E-state index is -3.21. The van der Waals surface area contributed by atoms with Gasteiger partial charge in [0.15, 0.2) is 9.84 Å². The maximum atomic E-state index is 13.3. The first kappa shape index (κ1) is 17.4. The second kappa shape index (κ2) is 5.99. The van der Waals surface area contributed by atoms with Crippen LogP contribution in [0.4, 0.5) is 16.2 Å². The van der Waals surface area contributed by atoms with Gasteiger partial charge < -0.3 is 0 Å². The third-order valence-corrected chi connectivity index (χ3v) is 7.28. The number of aryl methyl sites for hydroxylation is 2. The largest absolute Gasteiger partial charge is 0.329 e. The number of urea groups is 1. The van der Waals surface area contributed by atoms with Gasteiger partial charge in [0.05, 0.1) is 23.6 Å². The van der Waals surface area contributed by atoms with Crippen molar-refractivity contribution in [3.8, 4) is 0 Å². The lowest BCUT2D eigenvalue weighted by Crippen LogP contribution is -2.38. The highest BCUT2D eigenvalue weighted by molar-refractivity contribution is 7.91. The molecule has 4 rings (SSSR count). The average Bonchev–Trinajstić information content (AvgIpc) is 3.00. The van der Waals surface area contributed by atoms with Crippen molar-refractivity contribution in [2.24, 2.45) is 0 Å². The van der Waals surface area contributed by atoms with E-state index in [0.29, 0.717) is 10.7 Å². The maximum absolute atomic E-state index is 13.3. The Morgan fingerprint density at radius 1 is 0.962 bits per heavy atom. The van der Waals surface area contributed by atoms with E-state index in [1.54, 1.807) is 15.9 Å². The quantitative estimate of drug-likeness (QED) is 0.736. The van der Waals surface area contributed by atoms with E-state index in [1.165, 1.54) is 0 Å². The molecular formula is C19H19ClN2O3S. The van der Waals surface area contributed by atoms with Crippen molar-refractivity contribution in [1.29, 1.82) is 0 Å². The zero-order valence-corrected chi connectivity index (χ0v) is 16.1. The van der Waals surface area contributed by atoms with Gasteiger partial charge in [-0.1, -0.05) is 35.9 Å². The zero-order chi connectivity index (χ0) is 18.6. The van der Waals surface area contributed by atoms with Gasteiger partial charge in [0.1, 0.15) is 0 Å². The maximum Gasteiger partial charge on any atom is 0.329 e. The Morgan fingerprint density at radius 3 is 2.27 bits per heavy atom. The molecule has 26 heavy (non-hydrogen) atoms. The fourth-order valence-electron chi connectivity index (χ4n) is 3.85. The Hall–Kier alpha value is -2.05. The second-order valence-electron chi connectivity index (χ2n) is 6.95. The highest BCUT2D eigenvalue weighted by Crippen LogP contribution is 2.39. The monoisotopic (exact) mass is 390 g/mol. The van der Waals surface area contributed by atoms with Gasteiger partial charge in [0.2, 0.25) is 0 Å². The molecule has 0 spiro atoms. The summed E-state index contributed by atoms with van der Waals surface area (Å²) < 4.78 is 24.6. The van der Waals surface area contributed by atoms with Gasteiger partial charge in [-0.05, 0) is 43.2 Å². The molecule has 2 aliphatic rings. The number of sulfone groups is 1. The van der Waals surface area contributed by atoms with E-state index >= 15 is 0 Å². The van der Waals surface area contributed by atoms with E-state index in [-0.39, 0.29) is 17.5 Å². The molecule has 2 aliphatic heterocycles. The normalized spacial score (nSPS) is 24.2. The van der Waals surface area contributed by atoms with E-state index in [9.17, 15) is 13.2 Å². The Morgan fingerprint density at radius 2 is 1.62 bits per heavy atom. The molecule has 0 aliphatic carbocycles. The highest BCUT2D eigenvalue weighted by atomic mass is 35.5. The third kappa shape index (κ3) is 2.68. The number of carbonyl (C=O) groups is 1. The number of rotatable bonds is 2. The number of para-hydroxylation sites is 1. The summed E-state index contributed by atoms with van der Waals surface area (Å²) in [6.07, 6.45) is 0. The van der Waals surface area contributed by atoms with Crippen LogP contribution in [0.3, 0.4) is 0 Å². The molecule has 2 saturated heterocycles. The van der Waals surface area contributed by atoms with Crippen LogP contribution in [-0.4, -0.2) is 38.0 Å². The lowest BCUT2D eigenvalue weighted by molar-refractivity contribution is 0.255. The number of hydrogen-bond acceptors (Lipinski definition) is 3. The summed E-state index contributed by atoms with van der Waals surface area (Å²) in [5, 5.41) is 0.557. The molecule has 2 amide bonds. The van der Waals surface area contributed by atoms with Crippen molar-refractivity contribution in [2.75, 3.05) is 21.3 Å². The Balaban J connectivity index is 1.84. The molecule has 2 aromatic carbocycles. The van der Waals surface area contributed by atoms with E-state index in [4.69, 9.17) is 11.6 Å². The molecule has 5 nitrogen and oxygen atoms in total. The van der Waals surface area contributed by atoms with Crippen LogP contribution >= 0.6 is 11.6 Å². The number of nitrogens with zero attached hydrogens (tertiary/aromatic N) is 2. The number of hydrogen-bond donors (Lipinski definition) is 0. The van der Waals surface area contributed by atoms with Crippen LogP contribution in [0.5, 0.6) is 0 Å². The molecule has 0 aromatic heterocycles. The van der Waals surface area contributed by atoms with Gasteiger partial charge in [0, 0.05) is 16.4 Å². The summed E-state index contributed by atoms with van der Waals surface area (Å²) >= 11 is 6.25. The summed E-state index contributed by atoms with van der Waals surface area (Å²) in [5.41, 5.74) is 3.24. The fourth-order valence-corrected chi connectivity index (χ4v) is 5.95. The molecular weight excluding hydrogens is 372 g/mol. The van der Waals surface area contributed by atoms with E-state index in [0.717, 1.165) is 16.8 Å². The van der Waals surface area contributed by atoms with Crippen LogP contribution in [0.1, 0.15) is 11.1 Å². The van der Waals surface area contributed by atoms with Crippen LogP contribution in [0.15, 0.2) is 42.5 Å². The summed E-state index contributed by atoms with van der Waals surface area (Å²) in [4.78, 5) is 16.5. The standard InChI is InChI=1S/C19H19ClN2O3S/c1-12-7-8-14(9-15(12)20)21-17-10-26(24,25)11-18(17)22(19(21)23)16-6-4-3-5-13(16)2/h3-9,17-18H,10-11H2,1-2H3/t17-,18+/m1/s1. The molecule has 0 unspecified atom stereocenters. The number of benzene rings is 2. The van der Waals surface area contributed by atoms with Crippen molar-refractivity contribution in [3.63, 3.8) is 0 Å². The molecule has 2 aromatic rings. The predicted molar refractivity (Wildman–Crippen MR) is 104 cm³/mol. The number of amides is 2. The summed E-state index contributed by atoms with van der Waals surface area (Å²) in [6, 6.07) is 11.9. The van der Waals surface area contributed by atoms with Gasteiger partial charge in [-0.2, -0.15) is 0 Å². The van der Waals surface area contributed by atoms with Crippen molar-refractivity contribution in [1.82, 2.24) is 0 Å². The average molecular weight is 391 g/mol. The van der Waals surface area contributed by atoms with Crippen LogP contribution in [0, 0.1) is 13.8 Å². The third-order valence-electron chi connectivity index (χ3n) is 5.18. The minimum absolute atomic E-state index is 0.0200. The molecule has 0 bridgehead atoms. The second-order valence-corrected chi connectivity index (χ2v) is 9.52. The number of anilines is 2. The van der Waals surface area contributed by atoms with Crippen molar-refractivity contribution in [3.05, 3.63) is 58.6 Å². The first-order chi connectivity index (χ1) is 12.3. The predicted octanol–water partition coefficient (Wildman–Crippen LogP) is 3.57. The van der Waals surface area contributed by atoms with Crippen molar-refractivity contribution < 1.29 is 13.2 Å². The summed E-state index contributed by atoms with van der Waals surface area (Å²) in [6.45, 7) is 3.81. The Labute approximate surface area is 158 Å². The molecule has 2 fully saturated rings. The lowest BCUT2D eigenvalue weighted by atomic mass is 10.1. The number of carbonyl (C=O) groups excluding carboxylic acids is 1.